The van der Waals surface area contributed by atoms with Gasteiger partial charge in [0.2, 0.25) is 0 Å². The van der Waals surface area contributed by atoms with Gasteiger partial charge in [-0.05, 0) is 29.4 Å². The SMILES string of the molecule is CC1(C)C=C/C(=C\c2ccccc2)CC1. The van der Waals surface area contributed by atoms with Gasteiger partial charge < -0.3 is 0 Å². The number of rotatable bonds is 1. The van der Waals surface area contributed by atoms with Crippen LogP contribution in [0.4, 0.5) is 0 Å². The van der Waals surface area contributed by atoms with Gasteiger partial charge in [0.15, 0.2) is 0 Å². The van der Waals surface area contributed by atoms with Crippen LogP contribution < -0.4 is 0 Å². The van der Waals surface area contributed by atoms with Crippen molar-refractivity contribution in [3.8, 4) is 0 Å². The van der Waals surface area contributed by atoms with Crippen LogP contribution in [0.5, 0.6) is 0 Å². The molecule has 0 bridgehead atoms. The molecule has 1 aromatic rings. The van der Waals surface area contributed by atoms with Gasteiger partial charge in [0, 0.05) is 0 Å². The summed E-state index contributed by atoms with van der Waals surface area (Å²) in [4.78, 5) is 0. The molecule has 0 aromatic heterocycles. The third-order valence-corrected chi connectivity index (χ3v) is 2.96. The Morgan fingerprint density at radius 1 is 1.13 bits per heavy atom. The van der Waals surface area contributed by atoms with E-state index in [0.29, 0.717) is 5.41 Å². The highest BCUT2D eigenvalue weighted by atomic mass is 14.2. The van der Waals surface area contributed by atoms with Crippen LogP contribution in [0, 0.1) is 5.41 Å². The predicted octanol–water partition coefficient (Wildman–Crippen LogP) is 4.45. The maximum Gasteiger partial charge on any atom is -0.0168 e. The Balaban J connectivity index is 2.17. The van der Waals surface area contributed by atoms with Gasteiger partial charge in [0.05, 0.1) is 0 Å². The van der Waals surface area contributed by atoms with Crippen LogP contribution in [-0.2, 0) is 0 Å². The van der Waals surface area contributed by atoms with E-state index in [9.17, 15) is 0 Å². The lowest BCUT2D eigenvalue weighted by molar-refractivity contribution is 0.428. The van der Waals surface area contributed by atoms with Crippen molar-refractivity contribution < 1.29 is 0 Å². The van der Waals surface area contributed by atoms with E-state index in [1.165, 1.54) is 24.0 Å². The van der Waals surface area contributed by atoms with Crippen LogP contribution in [0.15, 0.2) is 48.1 Å². The van der Waals surface area contributed by atoms with Crippen LogP contribution in [0.3, 0.4) is 0 Å². The van der Waals surface area contributed by atoms with Gasteiger partial charge >= 0.3 is 0 Å². The normalized spacial score (nSPS) is 21.9. The molecule has 0 atom stereocenters. The molecular weight excluding hydrogens is 180 g/mol. The summed E-state index contributed by atoms with van der Waals surface area (Å²) in [5, 5.41) is 0. The van der Waals surface area contributed by atoms with Gasteiger partial charge in [0.1, 0.15) is 0 Å². The molecule has 0 amide bonds. The Morgan fingerprint density at radius 3 is 2.47 bits per heavy atom. The highest BCUT2D eigenvalue weighted by Gasteiger charge is 2.17. The number of benzene rings is 1. The minimum Gasteiger partial charge on any atom is -0.0786 e. The van der Waals surface area contributed by atoms with Crippen molar-refractivity contribution in [2.24, 2.45) is 5.41 Å². The molecule has 2 rings (SSSR count). The molecule has 0 spiro atoms. The molecule has 0 saturated carbocycles. The lowest BCUT2D eigenvalue weighted by Gasteiger charge is -2.24. The summed E-state index contributed by atoms with van der Waals surface area (Å²) in [5.74, 6) is 0. The second-order valence-corrected chi connectivity index (χ2v) is 4.95. The third kappa shape index (κ3) is 2.82. The smallest absolute Gasteiger partial charge is 0.0168 e. The molecule has 78 valence electrons. The van der Waals surface area contributed by atoms with Crippen molar-refractivity contribution in [1.29, 1.82) is 0 Å². The number of hydrogen-bond donors (Lipinski definition) is 0. The third-order valence-electron chi connectivity index (χ3n) is 2.96. The topological polar surface area (TPSA) is 0 Å². The second-order valence-electron chi connectivity index (χ2n) is 4.95. The summed E-state index contributed by atoms with van der Waals surface area (Å²) in [5.41, 5.74) is 3.13. The van der Waals surface area contributed by atoms with E-state index in [1.54, 1.807) is 0 Å². The molecule has 0 fully saturated rings. The van der Waals surface area contributed by atoms with Crippen LogP contribution in [0.1, 0.15) is 32.3 Å². The quantitative estimate of drug-likeness (QED) is 0.625. The van der Waals surface area contributed by atoms with Crippen molar-refractivity contribution in [2.75, 3.05) is 0 Å². The van der Waals surface area contributed by atoms with E-state index < -0.39 is 0 Å². The Kier molecular flexibility index (Phi) is 2.77. The lowest BCUT2D eigenvalue weighted by atomic mass is 9.81. The highest BCUT2D eigenvalue weighted by molar-refractivity contribution is 5.56. The molecule has 0 radical (unpaired) electrons. The van der Waals surface area contributed by atoms with Gasteiger partial charge in [-0.3, -0.25) is 0 Å². The molecule has 0 N–H and O–H groups in total. The van der Waals surface area contributed by atoms with Crippen LogP contribution in [0.2, 0.25) is 0 Å². The molecule has 0 heteroatoms. The van der Waals surface area contributed by atoms with Crippen LogP contribution in [-0.4, -0.2) is 0 Å². The van der Waals surface area contributed by atoms with Crippen molar-refractivity contribution in [1.82, 2.24) is 0 Å². The molecule has 1 aliphatic carbocycles. The maximum atomic E-state index is 2.32. The van der Waals surface area contributed by atoms with Crippen molar-refractivity contribution in [3.05, 3.63) is 53.6 Å². The fraction of sp³-hybridized carbons (Fsp3) is 0.333. The van der Waals surface area contributed by atoms with E-state index in [-0.39, 0.29) is 0 Å². The molecule has 1 aliphatic rings. The summed E-state index contributed by atoms with van der Waals surface area (Å²) in [6.07, 6.45) is 9.33. The minimum atomic E-state index is 0.383. The molecule has 0 unspecified atom stereocenters. The van der Waals surface area contributed by atoms with E-state index in [4.69, 9.17) is 0 Å². The summed E-state index contributed by atoms with van der Waals surface area (Å²) >= 11 is 0. The molecule has 0 heterocycles. The molecule has 0 aliphatic heterocycles. The molecule has 0 saturated heterocycles. The molecule has 0 nitrogen and oxygen atoms in total. The largest absolute Gasteiger partial charge is 0.0786 e. The average molecular weight is 198 g/mol. The van der Waals surface area contributed by atoms with Crippen molar-refractivity contribution in [2.45, 2.75) is 26.7 Å². The van der Waals surface area contributed by atoms with E-state index in [1.807, 2.05) is 0 Å². The fourth-order valence-corrected chi connectivity index (χ4v) is 1.85. The van der Waals surface area contributed by atoms with Gasteiger partial charge in [-0.2, -0.15) is 0 Å². The first-order valence-electron chi connectivity index (χ1n) is 5.61. The standard InChI is InChI=1S/C15H18/c1-15(2)10-8-14(9-11-15)12-13-6-4-3-5-7-13/h3-8,10,12H,9,11H2,1-2H3/b14-12+. The van der Waals surface area contributed by atoms with E-state index in [0.717, 1.165) is 0 Å². The molecular formula is C15H18. The van der Waals surface area contributed by atoms with E-state index in [2.05, 4.69) is 62.4 Å². The second kappa shape index (κ2) is 4.06. The first kappa shape index (κ1) is 10.2. The zero-order valence-electron chi connectivity index (χ0n) is 9.53. The predicted molar refractivity (Wildman–Crippen MR) is 66.6 cm³/mol. The van der Waals surface area contributed by atoms with Crippen LogP contribution in [0.25, 0.3) is 6.08 Å². The Bertz CT molecular complexity index is 380. The first-order valence-corrected chi connectivity index (χ1v) is 5.61. The molecule has 1 aromatic carbocycles. The number of hydrogen-bond acceptors (Lipinski definition) is 0. The van der Waals surface area contributed by atoms with Gasteiger partial charge in [-0.1, -0.05) is 62.4 Å². The lowest BCUT2D eigenvalue weighted by Crippen LogP contribution is -2.10. The van der Waals surface area contributed by atoms with Crippen LogP contribution >= 0.6 is 0 Å². The Morgan fingerprint density at radius 2 is 1.87 bits per heavy atom. The summed E-state index contributed by atoms with van der Waals surface area (Å²) in [6, 6.07) is 10.5. The minimum absolute atomic E-state index is 0.383. The average Bonchev–Trinajstić information content (AvgIpc) is 2.23. The molecule has 15 heavy (non-hydrogen) atoms. The summed E-state index contributed by atoms with van der Waals surface area (Å²) < 4.78 is 0. The fourth-order valence-electron chi connectivity index (χ4n) is 1.85. The Hall–Kier alpha value is -1.30. The van der Waals surface area contributed by atoms with Crippen molar-refractivity contribution >= 4 is 6.08 Å². The maximum absolute atomic E-state index is 2.32. The van der Waals surface area contributed by atoms with Crippen molar-refractivity contribution in [3.63, 3.8) is 0 Å². The number of allylic oxidation sites excluding steroid dienone is 3. The monoisotopic (exact) mass is 198 g/mol. The van der Waals surface area contributed by atoms with Gasteiger partial charge in [0.25, 0.3) is 0 Å². The summed E-state index contributed by atoms with van der Waals surface area (Å²) in [7, 11) is 0. The van der Waals surface area contributed by atoms with E-state index >= 15 is 0 Å². The first-order chi connectivity index (χ1) is 7.16. The zero-order chi connectivity index (χ0) is 10.7. The van der Waals surface area contributed by atoms with Gasteiger partial charge in [-0.15, -0.1) is 0 Å². The summed E-state index contributed by atoms with van der Waals surface area (Å²) in [6.45, 7) is 4.59. The highest BCUT2D eigenvalue weighted by Crippen LogP contribution is 2.32. The zero-order valence-corrected chi connectivity index (χ0v) is 9.53. The van der Waals surface area contributed by atoms with Gasteiger partial charge in [-0.25, -0.2) is 0 Å². The Labute approximate surface area is 92.3 Å².